The zero-order valence-electron chi connectivity index (χ0n) is 26.5. The van der Waals surface area contributed by atoms with Crippen LogP contribution in [0.15, 0.2) is 71.6 Å². The maximum atomic E-state index is 14.2. The Hall–Kier alpha value is -4.25. The minimum Gasteiger partial charge on any atom is -0.494 e. The molecule has 0 spiro atoms. The molecule has 2 amide bonds. The molecule has 0 aliphatic heterocycles. The number of hydrogen-bond donors (Lipinski definition) is 1. The van der Waals surface area contributed by atoms with Crippen molar-refractivity contribution in [2.24, 2.45) is 0 Å². The van der Waals surface area contributed by atoms with Gasteiger partial charge in [-0.1, -0.05) is 36.8 Å². The van der Waals surface area contributed by atoms with Crippen molar-refractivity contribution >= 4 is 27.5 Å². The van der Waals surface area contributed by atoms with Crippen LogP contribution in [0.1, 0.15) is 45.2 Å². The molecular weight excluding hydrogens is 582 g/mol. The van der Waals surface area contributed by atoms with Crippen LogP contribution in [0.5, 0.6) is 17.2 Å². The Balaban J connectivity index is 2.08. The molecule has 0 aliphatic rings. The Morgan fingerprint density at radius 3 is 2.18 bits per heavy atom. The molecular formula is C33H43N3O7S. The molecule has 3 aromatic rings. The molecule has 11 heteroatoms. The third-order valence-electron chi connectivity index (χ3n) is 7.26. The molecule has 0 bridgehead atoms. The Bertz CT molecular complexity index is 1530. The second-order valence-electron chi connectivity index (χ2n) is 10.5. The predicted molar refractivity (Wildman–Crippen MR) is 171 cm³/mol. The maximum absolute atomic E-state index is 14.2. The highest BCUT2D eigenvalue weighted by Crippen LogP contribution is 2.33. The summed E-state index contributed by atoms with van der Waals surface area (Å²) < 4.78 is 45.6. The number of carbonyl (C=O) groups is 2. The Morgan fingerprint density at radius 2 is 1.59 bits per heavy atom. The van der Waals surface area contributed by atoms with Gasteiger partial charge < -0.3 is 24.4 Å². The zero-order valence-corrected chi connectivity index (χ0v) is 27.3. The third-order valence-corrected chi connectivity index (χ3v) is 9.03. The van der Waals surface area contributed by atoms with Crippen LogP contribution in [-0.2, 0) is 26.2 Å². The van der Waals surface area contributed by atoms with E-state index in [0.29, 0.717) is 18.1 Å². The van der Waals surface area contributed by atoms with Crippen molar-refractivity contribution in [3.63, 3.8) is 0 Å². The van der Waals surface area contributed by atoms with Crippen LogP contribution in [0.3, 0.4) is 0 Å². The molecule has 1 N–H and O–H groups in total. The van der Waals surface area contributed by atoms with Gasteiger partial charge in [0, 0.05) is 18.7 Å². The number of ether oxygens (including phenoxy) is 3. The monoisotopic (exact) mass is 625 g/mol. The molecule has 2 atom stereocenters. The predicted octanol–water partition coefficient (Wildman–Crippen LogP) is 4.94. The highest BCUT2D eigenvalue weighted by Gasteiger charge is 2.33. The van der Waals surface area contributed by atoms with Gasteiger partial charge in [0.15, 0.2) is 11.5 Å². The second-order valence-corrected chi connectivity index (χ2v) is 12.3. The molecule has 0 saturated heterocycles. The molecule has 10 nitrogen and oxygen atoms in total. The summed E-state index contributed by atoms with van der Waals surface area (Å²) in [5, 5.41) is 2.94. The number of nitrogens with zero attached hydrogens (tertiary/aromatic N) is 2. The number of carbonyl (C=O) groups excluding carboxylic acids is 2. The highest BCUT2D eigenvalue weighted by atomic mass is 32.2. The van der Waals surface area contributed by atoms with Crippen molar-refractivity contribution in [1.29, 1.82) is 0 Å². The van der Waals surface area contributed by atoms with Crippen LogP contribution in [0.25, 0.3) is 0 Å². The van der Waals surface area contributed by atoms with Crippen molar-refractivity contribution in [2.45, 2.75) is 64.6 Å². The summed E-state index contributed by atoms with van der Waals surface area (Å²) in [6.07, 6.45) is 0.722. The fraction of sp³-hybridized carbons (Fsp3) is 0.394. The number of methoxy groups -OCH3 is 2. The number of nitrogens with one attached hydrogen (secondary N) is 1. The number of amides is 2. The van der Waals surface area contributed by atoms with E-state index in [9.17, 15) is 18.0 Å². The van der Waals surface area contributed by atoms with Gasteiger partial charge in [0.2, 0.25) is 11.8 Å². The average Bonchev–Trinajstić information content (AvgIpc) is 3.02. The summed E-state index contributed by atoms with van der Waals surface area (Å²) in [7, 11) is -1.43. The molecule has 2 unspecified atom stereocenters. The molecule has 3 rings (SSSR count). The summed E-state index contributed by atoms with van der Waals surface area (Å²) in [6, 6.07) is 17.4. The van der Waals surface area contributed by atoms with Crippen LogP contribution >= 0.6 is 0 Å². The lowest BCUT2D eigenvalue weighted by atomic mass is 10.1. The second kappa shape index (κ2) is 15.5. The van der Waals surface area contributed by atoms with Crippen LogP contribution in [0.2, 0.25) is 0 Å². The summed E-state index contributed by atoms with van der Waals surface area (Å²) >= 11 is 0. The van der Waals surface area contributed by atoms with Crippen LogP contribution < -0.4 is 23.8 Å². The topological polar surface area (TPSA) is 114 Å². The molecule has 44 heavy (non-hydrogen) atoms. The fourth-order valence-corrected chi connectivity index (χ4v) is 5.99. The van der Waals surface area contributed by atoms with Gasteiger partial charge in [-0.25, -0.2) is 8.42 Å². The lowest BCUT2D eigenvalue weighted by Crippen LogP contribution is -2.52. The van der Waals surface area contributed by atoms with Gasteiger partial charge in [-0.15, -0.1) is 0 Å². The molecule has 0 aliphatic carbocycles. The van der Waals surface area contributed by atoms with E-state index in [4.69, 9.17) is 14.2 Å². The summed E-state index contributed by atoms with van der Waals surface area (Å²) in [5.74, 6) is 0.276. The molecule has 0 fully saturated rings. The van der Waals surface area contributed by atoms with Crippen LogP contribution in [-0.4, -0.2) is 64.6 Å². The molecule has 238 valence electrons. The number of sulfonamides is 1. The first-order valence-electron chi connectivity index (χ1n) is 14.6. The van der Waals surface area contributed by atoms with E-state index in [1.165, 1.54) is 37.3 Å². The van der Waals surface area contributed by atoms with E-state index < -0.39 is 28.5 Å². The number of rotatable bonds is 15. The van der Waals surface area contributed by atoms with E-state index in [2.05, 4.69) is 5.32 Å². The van der Waals surface area contributed by atoms with E-state index in [-0.39, 0.29) is 34.8 Å². The number of hydrogen-bond acceptors (Lipinski definition) is 7. The molecule has 0 radical (unpaired) electrons. The Morgan fingerprint density at radius 1 is 0.909 bits per heavy atom. The van der Waals surface area contributed by atoms with Gasteiger partial charge in [-0.05, 0) is 76.1 Å². The Labute approximate surface area is 261 Å². The van der Waals surface area contributed by atoms with Crippen LogP contribution in [0.4, 0.5) is 5.69 Å². The largest absolute Gasteiger partial charge is 0.494 e. The quantitative estimate of drug-likeness (QED) is 0.255. The van der Waals surface area contributed by atoms with Gasteiger partial charge in [0.05, 0.1) is 31.4 Å². The SMILES string of the molecule is CCOc1ccc(N(CC(=O)N(Cc2cccc(C)c2)C(C)C(=O)NC(C)CC)S(=O)(=O)c2ccc(OC)c(OC)c2)cc1. The van der Waals surface area contributed by atoms with Crippen molar-refractivity contribution in [2.75, 3.05) is 31.7 Å². The fourth-order valence-electron chi connectivity index (χ4n) is 4.56. The van der Waals surface area contributed by atoms with Gasteiger partial charge >= 0.3 is 0 Å². The first-order valence-corrected chi connectivity index (χ1v) is 16.0. The standard InChI is InChI=1S/C33H43N3O7S/c1-8-24(4)34-33(38)25(5)35(21-26-12-10-11-23(3)19-26)32(37)22-36(27-13-15-28(16-14-27)43-9-2)44(39,40)29-17-18-30(41-6)31(20-29)42-7/h10-20,24-25H,8-9,21-22H2,1-7H3,(H,34,38). The first kappa shape index (κ1) is 34.2. The van der Waals surface area contributed by atoms with Gasteiger partial charge in [-0.3, -0.25) is 13.9 Å². The zero-order chi connectivity index (χ0) is 32.4. The molecule has 0 saturated carbocycles. The smallest absolute Gasteiger partial charge is 0.264 e. The van der Waals surface area contributed by atoms with Crippen molar-refractivity contribution in [1.82, 2.24) is 10.2 Å². The van der Waals surface area contributed by atoms with Crippen molar-refractivity contribution in [3.8, 4) is 17.2 Å². The van der Waals surface area contributed by atoms with Gasteiger partial charge in [0.1, 0.15) is 18.3 Å². The first-order chi connectivity index (χ1) is 20.9. The molecule has 0 aromatic heterocycles. The van der Waals surface area contributed by atoms with Gasteiger partial charge in [-0.2, -0.15) is 0 Å². The Kier molecular flexibility index (Phi) is 12.0. The highest BCUT2D eigenvalue weighted by molar-refractivity contribution is 7.92. The lowest BCUT2D eigenvalue weighted by Gasteiger charge is -2.32. The summed E-state index contributed by atoms with van der Waals surface area (Å²) in [4.78, 5) is 28.7. The summed E-state index contributed by atoms with van der Waals surface area (Å²) in [5.41, 5.74) is 2.07. The van der Waals surface area contributed by atoms with Crippen molar-refractivity contribution < 1.29 is 32.2 Å². The number of aryl methyl sites for hydroxylation is 1. The van der Waals surface area contributed by atoms with E-state index in [1.54, 1.807) is 31.2 Å². The van der Waals surface area contributed by atoms with Crippen LogP contribution in [0, 0.1) is 6.92 Å². The minimum atomic E-state index is -4.30. The maximum Gasteiger partial charge on any atom is 0.264 e. The van der Waals surface area contributed by atoms with Gasteiger partial charge in [0.25, 0.3) is 10.0 Å². The van der Waals surface area contributed by atoms with E-state index in [0.717, 1.165) is 21.9 Å². The summed E-state index contributed by atoms with van der Waals surface area (Å²) in [6.45, 7) is 9.28. The third kappa shape index (κ3) is 8.43. The lowest BCUT2D eigenvalue weighted by molar-refractivity contribution is -0.139. The van der Waals surface area contributed by atoms with Crippen molar-refractivity contribution in [3.05, 3.63) is 77.9 Å². The molecule has 0 heterocycles. The molecule has 3 aromatic carbocycles. The normalized spacial score (nSPS) is 12.5. The number of anilines is 1. The minimum absolute atomic E-state index is 0.0911. The van der Waals surface area contributed by atoms with E-state index >= 15 is 0 Å². The number of benzene rings is 3. The van der Waals surface area contributed by atoms with E-state index in [1.807, 2.05) is 52.0 Å². The average molecular weight is 626 g/mol.